The lowest BCUT2D eigenvalue weighted by Gasteiger charge is -2.28. The molecule has 1 saturated carbocycles. The number of halogens is 2. The Hall–Kier alpha value is -1.45. The van der Waals surface area contributed by atoms with E-state index < -0.39 is 23.2 Å². The van der Waals surface area contributed by atoms with Gasteiger partial charge in [0.05, 0.1) is 0 Å². The zero-order chi connectivity index (χ0) is 19.4. The fourth-order valence-electron chi connectivity index (χ4n) is 5.27. The molecule has 2 nitrogen and oxygen atoms in total. The van der Waals surface area contributed by atoms with Crippen molar-refractivity contribution in [1.29, 1.82) is 0 Å². The van der Waals surface area contributed by atoms with Gasteiger partial charge in [0.1, 0.15) is 17.2 Å². The van der Waals surface area contributed by atoms with E-state index in [9.17, 15) is 13.6 Å². The predicted molar refractivity (Wildman–Crippen MR) is 103 cm³/mol. The van der Waals surface area contributed by atoms with E-state index in [1.165, 1.54) is 57.4 Å². The smallest absolute Gasteiger partial charge is 0.341 e. The molecule has 1 N–H and O–H groups in total. The lowest BCUT2D eigenvalue weighted by Crippen LogP contribution is -2.14. The molecule has 1 aromatic rings. The lowest BCUT2D eigenvalue weighted by molar-refractivity contribution is 0.0686. The highest BCUT2D eigenvalue weighted by atomic mass is 19.1. The van der Waals surface area contributed by atoms with Crippen molar-refractivity contribution < 1.29 is 18.7 Å². The predicted octanol–water partition coefficient (Wildman–Crippen LogP) is 6.54. The quantitative estimate of drug-likeness (QED) is 0.521. The number of carboxylic acids is 1. The summed E-state index contributed by atoms with van der Waals surface area (Å²) < 4.78 is 28.2. The van der Waals surface area contributed by atoms with Gasteiger partial charge >= 0.3 is 5.97 Å². The minimum absolute atomic E-state index is 0.318. The third-order valence-corrected chi connectivity index (χ3v) is 6.77. The van der Waals surface area contributed by atoms with Gasteiger partial charge in [0.2, 0.25) is 0 Å². The highest BCUT2D eigenvalue weighted by molar-refractivity contribution is 5.88. The molecule has 150 valence electrons. The molecule has 2 aliphatic rings. The Labute approximate surface area is 161 Å². The second kappa shape index (κ2) is 9.16. The molecule has 2 aliphatic carbocycles. The number of carbonyl (C=O) groups is 1. The third-order valence-electron chi connectivity index (χ3n) is 6.77. The molecule has 1 unspecified atom stereocenters. The summed E-state index contributed by atoms with van der Waals surface area (Å²) in [6.07, 6.45) is 14.1. The van der Waals surface area contributed by atoms with Gasteiger partial charge in [-0.3, -0.25) is 0 Å². The molecule has 3 rings (SSSR count). The van der Waals surface area contributed by atoms with E-state index in [2.05, 4.69) is 6.92 Å². The largest absolute Gasteiger partial charge is 0.477 e. The molecule has 1 atom stereocenters. The van der Waals surface area contributed by atoms with E-state index in [-0.39, 0.29) is 0 Å². The van der Waals surface area contributed by atoms with Crippen LogP contribution in [0.2, 0.25) is 0 Å². The van der Waals surface area contributed by atoms with Crippen LogP contribution in [0.3, 0.4) is 0 Å². The molecule has 0 aliphatic heterocycles. The summed E-state index contributed by atoms with van der Waals surface area (Å²) in [7, 11) is 0. The second-order valence-electron chi connectivity index (χ2n) is 8.72. The van der Waals surface area contributed by atoms with Crippen LogP contribution in [-0.4, -0.2) is 11.1 Å². The van der Waals surface area contributed by atoms with E-state index in [0.717, 1.165) is 24.7 Å². The van der Waals surface area contributed by atoms with E-state index in [0.29, 0.717) is 29.9 Å². The molecule has 0 saturated heterocycles. The van der Waals surface area contributed by atoms with Crippen LogP contribution < -0.4 is 0 Å². The van der Waals surface area contributed by atoms with Crippen molar-refractivity contribution in [3.05, 3.63) is 34.4 Å². The Balaban J connectivity index is 1.42. The Kier molecular flexibility index (Phi) is 6.88. The average Bonchev–Trinajstić information content (AvgIpc) is 3.03. The van der Waals surface area contributed by atoms with Crippen molar-refractivity contribution in [3.8, 4) is 0 Å². The first kappa shape index (κ1) is 20.3. The van der Waals surface area contributed by atoms with Crippen molar-refractivity contribution in [2.24, 2.45) is 17.8 Å². The average molecular weight is 379 g/mol. The van der Waals surface area contributed by atoms with Gasteiger partial charge in [-0.1, -0.05) is 64.7 Å². The van der Waals surface area contributed by atoms with Gasteiger partial charge in [0.25, 0.3) is 0 Å². The highest BCUT2D eigenvalue weighted by Crippen LogP contribution is 2.36. The number of aromatic carboxylic acids is 1. The topological polar surface area (TPSA) is 37.3 Å². The summed E-state index contributed by atoms with van der Waals surface area (Å²) in [6, 6.07) is 1.23. The molecule has 27 heavy (non-hydrogen) atoms. The molecule has 1 aromatic carbocycles. The second-order valence-corrected chi connectivity index (χ2v) is 8.72. The SMILES string of the molecule is CCCC1CCC(CCCCC2Cc3cc(F)c(C(=O)O)c(F)c3C2)CC1. The first-order valence-electron chi connectivity index (χ1n) is 10.7. The standard InChI is InChI=1S/C23H32F2O2/c1-2-5-15-8-10-16(11-9-15)6-3-4-7-17-12-18-14-20(24)21(23(26)27)22(25)19(18)13-17/h14-17H,2-13H2,1H3,(H,26,27). The molecule has 1 fully saturated rings. The summed E-state index contributed by atoms with van der Waals surface area (Å²) in [6.45, 7) is 2.27. The van der Waals surface area contributed by atoms with Crippen molar-refractivity contribution in [2.75, 3.05) is 0 Å². The normalized spacial score (nSPS) is 24.8. The number of rotatable bonds is 8. The van der Waals surface area contributed by atoms with Gasteiger partial charge in [0.15, 0.2) is 0 Å². The minimum Gasteiger partial charge on any atom is -0.477 e. The van der Waals surface area contributed by atoms with Crippen LogP contribution in [0.25, 0.3) is 0 Å². The zero-order valence-corrected chi connectivity index (χ0v) is 16.4. The van der Waals surface area contributed by atoms with Crippen LogP contribution in [0.15, 0.2) is 6.07 Å². The monoisotopic (exact) mass is 378 g/mol. The molecule has 0 aromatic heterocycles. The molecule has 4 heteroatoms. The summed E-state index contributed by atoms with van der Waals surface area (Å²) in [5, 5.41) is 9.01. The number of unbranched alkanes of at least 4 members (excludes halogenated alkanes) is 1. The molecule has 0 heterocycles. The highest BCUT2D eigenvalue weighted by Gasteiger charge is 2.30. The number of benzene rings is 1. The van der Waals surface area contributed by atoms with Crippen LogP contribution in [0.4, 0.5) is 8.78 Å². The molecular weight excluding hydrogens is 346 g/mol. The number of fused-ring (bicyclic) bond motifs is 1. The van der Waals surface area contributed by atoms with E-state index in [1.807, 2.05) is 0 Å². The van der Waals surface area contributed by atoms with Crippen molar-refractivity contribution in [2.45, 2.75) is 84.0 Å². The Morgan fingerprint density at radius 1 is 1.00 bits per heavy atom. The van der Waals surface area contributed by atoms with Crippen molar-refractivity contribution in [1.82, 2.24) is 0 Å². The maximum atomic E-state index is 14.4. The van der Waals surface area contributed by atoms with Gasteiger partial charge in [-0.25, -0.2) is 13.6 Å². The lowest BCUT2D eigenvalue weighted by atomic mass is 9.78. The molecular formula is C23H32F2O2. The number of hydrogen-bond donors (Lipinski definition) is 1. The van der Waals surface area contributed by atoms with Crippen LogP contribution in [0.1, 0.15) is 92.6 Å². The van der Waals surface area contributed by atoms with Gasteiger partial charge in [-0.05, 0) is 54.2 Å². The maximum Gasteiger partial charge on any atom is 0.341 e. The first-order chi connectivity index (χ1) is 13.0. The fraction of sp³-hybridized carbons (Fsp3) is 0.696. The van der Waals surface area contributed by atoms with Gasteiger partial charge in [0, 0.05) is 0 Å². The Morgan fingerprint density at radius 3 is 2.19 bits per heavy atom. The minimum atomic E-state index is -1.52. The van der Waals surface area contributed by atoms with Crippen LogP contribution in [-0.2, 0) is 12.8 Å². The summed E-state index contributed by atoms with van der Waals surface area (Å²) in [5.41, 5.74) is 0.287. The van der Waals surface area contributed by atoms with Gasteiger partial charge in [-0.15, -0.1) is 0 Å². The van der Waals surface area contributed by atoms with E-state index in [1.54, 1.807) is 0 Å². The Morgan fingerprint density at radius 2 is 1.59 bits per heavy atom. The summed E-state index contributed by atoms with van der Waals surface area (Å²) >= 11 is 0. The van der Waals surface area contributed by atoms with Gasteiger partial charge in [-0.2, -0.15) is 0 Å². The molecule has 0 spiro atoms. The van der Waals surface area contributed by atoms with E-state index in [4.69, 9.17) is 5.11 Å². The molecule has 0 radical (unpaired) electrons. The van der Waals surface area contributed by atoms with Crippen LogP contribution in [0, 0.1) is 29.4 Å². The first-order valence-corrected chi connectivity index (χ1v) is 10.7. The summed E-state index contributed by atoms with van der Waals surface area (Å²) in [5.74, 6) is -1.18. The van der Waals surface area contributed by atoms with Crippen LogP contribution >= 0.6 is 0 Å². The van der Waals surface area contributed by atoms with Crippen LogP contribution in [0.5, 0.6) is 0 Å². The third kappa shape index (κ3) is 4.89. The fourth-order valence-corrected chi connectivity index (χ4v) is 5.27. The van der Waals surface area contributed by atoms with E-state index >= 15 is 0 Å². The molecule has 0 bridgehead atoms. The van der Waals surface area contributed by atoms with Gasteiger partial charge < -0.3 is 5.11 Å². The van der Waals surface area contributed by atoms with Crippen molar-refractivity contribution >= 4 is 5.97 Å². The maximum absolute atomic E-state index is 14.4. The molecule has 0 amide bonds. The summed E-state index contributed by atoms with van der Waals surface area (Å²) in [4.78, 5) is 11.1. The Bertz CT molecular complexity index is 663. The number of hydrogen-bond acceptors (Lipinski definition) is 1. The number of carboxylic acid groups (broad SMARTS) is 1. The van der Waals surface area contributed by atoms with Crippen molar-refractivity contribution in [3.63, 3.8) is 0 Å². The zero-order valence-electron chi connectivity index (χ0n) is 16.4.